The van der Waals surface area contributed by atoms with E-state index < -0.39 is 11.5 Å². The molecule has 4 rings (SSSR count). The lowest BCUT2D eigenvalue weighted by Gasteiger charge is -2.18. The van der Waals surface area contributed by atoms with Gasteiger partial charge in [-0.15, -0.1) is 0 Å². The number of nitrogens with zero attached hydrogens (tertiary/aromatic N) is 1. The predicted molar refractivity (Wildman–Crippen MR) is 121 cm³/mol. The molecule has 4 aromatic rings. The molecule has 31 heavy (non-hydrogen) atoms. The van der Waals surface area contributed by atoms with Gasteiger partial charge in [0.1, 0.15) is 5.75 Å². The van der Waals surface area contributed by atoms with Crippen molar-refractivity contribution >= 4 is 0 Å². The van der Waals surface area contributed by atoms with Crippen molar-refractivity contribution in [1.29, 1.82) is 0 Å². The Morgan fingerprint density at radius 1 is 0.903 bits per heavy atom. The van der Waals surface area contributed by atoms with Gasteiger partial charge in [0.25, 0.3) is 0 Å². The van der Waals surface area contributed by atoms with Crippen LogP contribution in [-0.2, 0) is 6.42 Å². The first kappa shape index (κ1) is 20.4. The number of benzene rings is 3. The van der Waals surface area contributed by atoms with E-state index in [1.165, 1.54) is 12.3 Å². The fourth-order valence-corrected chi connectivity index (χ4v) is 3.59. The smallest absolute Gasteiger partial charge is 0.223 e. The van der Waals surface area contributed by atoms with E-state index in [4.69, 9.17) is 4.74 Å². The highest BCUT2D eigenvalue weighted by atomic mass is 16.5. The standard InChI is InChI=1S/C26H23NO4/c1-31-23-12-6-10-20(14-23)24(28)15-22-16-25(29)26(30)17-27(22)21-11-5-9-19(13-21)18-7-3-2-4-8-18/h2-14,16-17,24,28,30H,15H2,1H3. The molecule has 0 aliphatic heterocycles. The van der Waals surface area contributed by atoms with Crippen molar-refractivity contribution in [3.05, 3.63) is 113 Å². The third-order valence-electron chi connectivity index (χ3n) is 5.22. The fraction of sp³-hybridized carbons (Fsp3) is 0.115. The van der Waals surface area contributed by atoms with Gasteiger partial charge in [0, 0.05) is 23.9 Å². The summed E-state index contributed by atoms with van der Waals surface area (Å²) in [4.78, 5) is 12.2. The maximum absolute atomic E-state index is 12.2. The second-order valence-corrected chi connectivity index (χ2v) is 7.30. The summed E-state index contributed by atoms with van der Waals surface area (Å²) in [6.45, 7) is 0. The molecule has 1 atom stereocenters. The first-order valence-electron chi connectivity index (χ1n) is 9.97. The monoisotopic (exact) mass is 413 g/mol. The summed E-state index contributed by atoms with van der Waals surface area (Å²) >= 11 is 0. The van der Waals surface area contributed by atoms with Gasteiger partial charge in [0.05, 0.1) is 19.4 Å². The molecular formula is C26H23NO4. The highest BCUT2D eigenvalue weighted by Gasteiger charge is 2.15. The molecule has 0 bridgehead atoms. The summed E-state index contributed by atoms with van der Waals surface area (Å²) in [5.41, 5.74) is 3.64. The number of rotatable bonds is 6. The van der Waals surface area contributed by atoms with Gasteiger partial charge in [-0.3, -0.25) is 4.79 Å². The molecule has 1 heterocycles. The molecule has 2 N–H and O–H groups in total. The average Bonchev–Trinajstić information content (AvgIpc) is 2.82. The minimum absolute atomic E-state index is 0.193. The van der Waals surface area contributed by atoms with Crippen LogP contribution in [0, 0.1) is 0 Å². The topological polar surface area (TPSA) is 71.7 Å². The van der Waals surface area contributed by atoms with Gasteiger partial charge in [-0.05, 0) is 41.0 Å². The van der Waals surface area contributed by atoms with E-state index in [-0.39, 0.29) is 12.2 Å². The van der Waals surface area contributed by atoms with Gasteiger partial charge in [0.2, 0.25) is 5.43 Å². The van der Waals surface area contributed by atoms with Gasteiger partial charge in [-0.2, -0.15) is 0 Å². The Labute approximate surface area is 180 Å². The van der Waals surface area contributed by atoms with E-state index in [1.807, 2.05) is 72.8 Å². The van der Waals surface area contributed by atoms with Crippen LogP contribution in [0.15, 0.2) is 95.9 Å². The highest BCUT2D eigenvalue weighted by Crippen LogP contribution is 2.26. The zero-order valence-electron chi connectivity index (χ0n) is 17.1. The number of aliphatic hydroxyl groups is 1. The molecule has 0 radical (unpaired) electrons. The Bertz CT molecular complexity index is 1250. The zero-order valence-corrected chi connectivity index (χ0v) is 17.1. The number of hydrogen-bond acceptors (Lipinski definition) is 4. The summed E-state index contributed by atoms with van der Waals surface area (Å²) in [6.07, 6.45) is 0.751. The molecule has 1 unspecified atom stereocenters. The largest absolute Gasteiger partial charge is 0.503 e. The van der Waals surface area contributed by atoms with Crippen molar-refractivity contribution in [1.82, 2.24) is 4.57 Å². The molecule has 0 amide bonds. The maximum atomic E-state index is 12.2. The van der Waals surface area contributed by atoms with E-state index in [1.54, 1.807) is 17.7 Å². The molecule has 5 nitrogen and oxygen atoms in total. The quantitative estimate of drug-likeness (QED) is 0.488. The molecule has 0 fully saturated rings. The molecule has 156 valence electrons. The van der Waals surface area contributed by atoms with Crippen LogP contribution in [-0.4, -0.2) is 21.9 Å². The summed E-state index contributed by atoms with van der Waals surface area (Å²) in [7, 11) is 1.57. The minimum Gasteiger partial charge on any atom is -0.503 e. The van der Waals surface area contributed by atoms with Crippen molar-refractivity contribution in [2.24, 2.45) is 0 Å². The molecule has 0 saturated heterocycles. The summed E-state index contributed by atoms with van der Waals surface area (Å²) in [5.74, 6) is 0.306. The van der Waals surface area contributed by atoms with E-state index >= 15 is 0 Å². The Morgan fingerprint density at radius 3 is 2.42 bits per heavy atom. The molecular weight excluding hydrogens is 390 g/mol. The van der Waals surface area contributed by atoms with Crippen LogP contribution in [0.1, 0.15) is 17.4 Å². The van der Waals surface area contributed by atoms with Gasteiger partial charge in [-0.25, -0.2) is 0 Å². The van der Waals surface area contributed by atoms with E-state index in [0.29, 0.717) is 17.0 Å². The third-order valence-corrected chi connectivity index (χ3v) is 5.22. The number of aliphatic hydroxyl groups excluding tert-OH is 1. The lowest BCUT2D eigenvalue weighted by molar-refractivity contribution is 0.176. The van der Waals surface area contributed by atoms with Gasteiger partial charge < -0.3 is 19.5 Å². The zero-order chi connectivity index (χ0) is 21.8. The lowest BCUT2D eigenvalue weighted by Crippen LogP contribution is -2.14. The number of aromatic nitrogens is 1. The van der Waals surface area contributed by atoms with Crippen LogP contribution < -0.4 is 10.2 Å². The third kappa shape index (κ3) is 4.52. The second kappa shape index (κ2) is 8.90. The normalized spacial score (nSPS) is 11.8. The Hall–Kier alpha value is -3.83. The van der Waals surface area contributed by atoms with Crippen LogP contribution >= 0.6 is 0 Å². The summed E-state index contributed by atoms with van der Waals surface area (Å²) in [5, 5.41) is 20.9. The van der Waals surface area contributed by atoms with Crippen molar-refractivity contribution in [3.63, 3.8) is 0 Å². The summed E-state index contributed by atoms with van der Waals surface area (Å²) in [6, 6.07) is 26.3. The number of methoxy groups -OCH3 is 1. The minimum atomic E-state index is -0.845. The van der Waals surface area contributed by atoms with Crippen LogP contribution in [0.25, 0.3) is 16.8 Å². The lowest BCUT2D eigenvalue weighted by atomic mass is 10.0. The van der Waals surface area contributed by atoms with E-state index in [9.17, 15) is 15.0 Å². The second-order valence-electron chi connectivity index (χ2n) is 7.30. The molecule has 3 aromatic carbocycles. The number of aromatic hydroxyl groups is 1. The van der Waals surface area contributed by atoms with Crippen LogP contribution in [0.5, 0.6) is 11.5 Å². The Morgan fingerprint density at radius 2 is 1.65 bits per heavy atom. The Kier molecular flexibility index (Phi) is 5.87. The Balaban J connectivity index is 1.74. The van der Waals surface area contributed by atoms with Crippen LogP contribution in [0.3, 0.4) is 0 Å². The molecule has 0 aliphatic carbocycles. The first-order chi connectivity index (χ1) is 15.0. The first-order valence-corrected chi connectivity index (χ1v) is 9.97. The van der Waals surface area contributed by atoms with Crippen molar-refractivity contribution < 1.29 is 14.9 Å². The van der Waals surface area contributed by atoms with Gasteiger partial charge in [0.15, 0.2) is 5.75 Å². The van der Waals surface area contributed by atoms with Gasteiger partial charge in [-0.1, -0.05) is 54.6 Å². The van der Waals surface area contributed by atoms with Crippen molar-refractivity contribution in [2.75, 3.05) is 7.11 Å². The molecule has 0 aliphatic rings. The number of ether oxygens (including phenoxy) is 1. The number of hydrogen-bond donors (Lipinski definition) is 2. The SMILES string of the molecule is COc1cccc(C(O)Cc2cc(=O)c(O)cn2-c2cccc(-c3ccccc3)c2)c1. The number of pyridine rings is 1. The van der Waals surface area contributed by atoms with Crippen LogP contribution in [0.4, 0.5) is 0 Å². The highest BCUT2D eigenvalue weighted by molar-refractivity contribution is 5.66. The van der Waals surface area contributed by atoms with Crippen molar-refractivity contribution in [2.45, 2.75) is 12.5 Å². The summed E-state index contributed by atoms with van der Waals surface area (Å²) < 4.78 is 6.98. The molecule has 0 saturated carbocycles. The molecule has 0 spiro atoms. The maximum Gasteiger partial charge on any atom is 0.223 e. The average molecular weight is 413 g/mol. The van der Waals surface area contributed by atoms with E-state index in [0.717, 1.165) is 16.8 Å². The molecule has 5 heteroatoms. The predicted octanol–water partition coefficient (Wildman–Crippen LogP) is 4.49. The molecule has 1 aromatic heterocycles. The van der Waals surface area contributed by atoms with Crippen molar-refractivity contribution in [3.8, 4) is 28.3 Å². The van der Waals surface area contributed by atoms with Gasteiger partial charge >= 0.3 is 0 Å². The van der Waals surface area contributed by atoms with Crippen LogP contribution in [0.2, 0.25) is 0 Å². The fourth-order valence-electron chi connectivity index (χ4n) is 3.59. The van der Waals surface area contributed by atoms with E-state index in [2.05, 4.69) is 0 Å².